The molecular formula is C21H27N5O2. The van der Waals surface area contributed by atoms with E-state index in [-0.39, 0.29) is 24.2 Å². The molecule has 4 rings (SSSR count). The van der Waals surface area contributed by atoms with E-state index in [1.807, 2.05) is 37.5 Å². The van der Waals surface area contributed by atoms with Crippen molar-refractivity contribution in [3.63, 3.8) is 0 Å². The lowest BCUT2D eigenvalue weighted by atomic mass is 9.87. The SMILES string of the molecule is C[C@@H](CO)c1cn([C@@H](Cc2c[nH]c3ccccc23)C(=O)C2CCNCC2)nn1. The molecule has 0 bridgehead atoms. The average molecular weight is 381 g/mol. The maximum atomic E-state index is 13.4. The molecule has 0 spiro atoms. The van der Waals surface area contributed by atoms with E-state index in [4.69, 9.17) is 0 Å². The number of Topliss-reactive ketones (excluding diaryl/α,β-unsaturated/α-hetero) is 1. The molecule has 148 valence electrons. The molecular weight excluding hydrogens is 354 g/mol. The number of H-pyrrole nitrogens is 1. The first-order valence-corrected chi connectivity index (χ1v) is 9.99. The zero-order chi connectivity index (χ0) is 19.5. The van der Waals surface area contributed by atoms with Crippen LogP contribution in [0.5, 0.6) is 0 Å². The standard InChI is InChI=1S/C21H27N5O2/c1-14(13-27)19-12-26(25-24-19)20(21(28)15-6-8-22-9-7-15)10-16-11-23-18-5-3-2-4-17(16)18/h2-5,11-12,14-15,20,22-23,27H,6-10,13H2,1H3/t14-,20-/m0/s1. The molecule has 3 N–H and O–H groups in total. The zero-order valence-electron chi connectivity index (χ0n) is 16.1. The number of hydrogen-bond donors (Lipinski definition) is 3. The number of aliphatic hydroxyl groups is 1. The van der Waals surface area contributed by atoms with E-state index >= 15 is 0 Å². The maximum absolute atomic E-state index is 13.4. The number of aromatic nitrogens is 4. The predicted octanol–water partition coefficient (Wildman–Crippen LogP) is 2.21. The molecule has 2 aromatic heterocycles. The van der Waals surface area contributed by atoms with E-state index in [1.165, 1.54) is 0 Å². The fourth-order valence-electron chi connectivity index (χ4n) is 3.97. The van der Waals surface area contributed by atoms with Crippen molar-refractivity contribution < 1.29 is 9.90 Å². The smallest absolute Gasteiger partial charge is 0.160 e. The van der Waals surface area contributed by atoms with Gasteiger partial charge in [0, 0.05) is 41.6 Å². The molecule has 0 amide bonds. The number of aromatic amines is 1. The molecule has 28 heavy (non-hydrogen) atoms. The van der Waals surface area contributed by atoms with Gasteiger partial charge in [-0.3, -0.25) is 4.79 Å². The van der Waals surface area contributed by atoms with Gasteiger partial charge in [0.1, 0.15) is 6.04 Å². The van der Waals surface area contributed by atoms with Crippen molar-refractivity contribution in [2.75, 3.05) is 19.7 Å². The molecule has 1 saturated heterocycles. The number of carbonyl (C=O) groups is 1. The number of rotatable bonds is 7. The van der Waals surface area contributed by atoms with E-state index in [2.05, 4.69) is 26.7 Å². The van der Waals surface area contributed by atoms with E-state index in [0.717, 1.165) is 42.4 Å². The summed E-state index contributed by atoms with van der Waals surface area (Å²) in [5.74, 6) is 0.163. The lowest BCUT2D eigenvalue weighted by Gasteiger charge is -2.26. The Bertz CT molecular complexity index is 941. The van der Waals surface area contributed by atoms with Crippen LogP contribution < -0.4 is 5.32 Å². The second-order valence-electron chi connectivity index (χ2n) is 7.71. The number of benzene rings is 1. The van der Waals surface area contributed by atoms with E-state index in [9.17, 15) is 9.90 Å². The zero-order valence-corrected chi connectivity index (χ0v) is 16.1. The molecule has 1 aromatic carbocycles. The summed E-state index contributed by atoms with van der Waals surface area (Å²) < 4.78 is 1.70. The summed E-state index contributed by atoms with van der Waals surface area (Å²) in [6.07, 6.45) is 6.10. The first-order chi connectivity index (χ1) is 13.7. The largest absolute Gasteiger partial charge is 0.396 e. The van der Waals surface area contributed by atoms with Crippen molar-refractivity contribution in [3.05, 3.63) is 47.9 Å². The molecule has 0 unspecified atom stereocenters. The Kier molecular flexibility index (Phi) is 5.54. The lowest BCUT2D eigenvalue weighted by molar-refractivity contribution is -0.127. The summed E-state index contributed by atoms with van der Waals surface area (Å²) in [6.45, 7) is 3.66. The molecule has 3 heterocycles. The quantitative estimate of drug-likeness (QED) is 0.583. The van der Waals surface area contributed by atoms with Crippen molar-refractivity contribution in [1.29, 1.82) is 0 Å². The van der Waals surface area contributed by atoms with Gasteiger partial charge in [-0.05, 0) is 37.6 Å². The number of nitrogens with one attached hydrogen (secondary N) is 2. The highest BCUT2D eigenvalue weighted by atomic mass is 16.3. The van der Waals surface area contributed by atoms with E-state index in [1.54, 1.807) is 4.68 Å². The Balaban J connectivity index is 1.66. The van der Waals surface area contributed by atoms with Crippen LogP contribution in [-0.4, -0.2) is 50.6 Å². The molecule has 0 radical (unpaired) electrons. The Hall–Kier alpha value is -2.51. The Morgan fingerprint density at radius 1 is 1.32 bits per heavy atom. The Morgan fingerprint density at radius 3 is 2.89 bits per heavy atom. The van der Waals surface area contributed by atoms with Crippen molar-refractivity contribution in [3.8, 4) is 0 Å². The highest BCUT2D eigenvalue weighted by Crippen LogP contribution is 2.28. The van der Waals surface area contributed by atoms with Crippen LogP contribution in [0.3, 0.4) is 0 Å². The van der Waals surface area contributed by atoms with Crippen LogP contribution in [0.15, 0.2) is 36.7 Å². The molecule has 1 fully saturated rings. The average Bonchev–Trinajstić information content (AvgIpc) is 3.39. The third-order valence-electron chi connectivity index (χ3n) is 5.78. The molecule has 7 heteroatoms. The number of ketones is 1. The van der Waals surface area contributed by atoms with Crippen LogP contribution in [-0.2, 0) is 11.2 Å². The van der Waals surface area contributed by atoms with Gasteiger partial charge < -0.3 is 15.4 Å². The highest BCUT2D eigenvalue weighted by molar-refractivity contribution is 5.87. The second-order valence-corrected chi connectivity index (χ2v) is 7.71. The second kappa shape index (κ2) is 8.24. The van der Waals surface area contributed by atoms with Gasteiger partial charge in [0.05, 0.1) is 12.3 Å². The lowest BCUT2D eigenvalue weighted by Crippen LogP contribution is -2.36. The Morgan fingerprint density at radius 2 is 2.11 bits per heavy atom. The van der Waals surface area contributed by atoms with Gasteiger partial charge in [0.2, 0.25) is 0 Å². The van der Waals surface area contributed by atoms with Crippen molar-refractivity contribution in [1.82, 2.24) is 25.3 Å². The van der Waals surface area contributed by atoms with Crippen LogP contribution in [0.2, 0.25) is 0 Å². The third-order valence-corrected chi connectivity index (χ3v) is 5.78. The number of para-hydroxylation sites is 1. The van der Waals surface area contributed by atoms with Gasteiger partial charge in [-0.2, -0.15) is 0 Å². The van der Waals surface area contributed by atoms with Crippen molar-refractivity contribution >= 4 is 16.7 Å². The fourth-order valence-corrected chi connectivity index (χ4v) is 3.97. The summed E-state index contributed by atoms with van der Waals surface area (Å²) in [5.41, 5.74) is 2.89. The molecule has 7 nitrogen and oxygen atoms in total. The predicted molar refractivity (Wildman–Crippen MR) is 107 cm³/mol. The van der Waals surface area contributed by atoms with Crippen LogP contribution in [0.1, 0.15) is 43.0 Å². The first kappa shape index (κ1) is 18.8. The molecule has 1 aliphatic heterocycles. The topological polar surface area (TPSA) is 95.8 Å². The summed E-state index contributed by atoms with van der Waals surface area (Å²) in [4.78, 5) is 16.7. The minimum Gasteiger partial charge on any atom is -0.396 e. The van der Waals surface area contributed by atoms with E-state index in [0.29, 0.717) is 12.1 Å². The van der Waals surface area contributed by atoms with Crippen molar-refractivity contribution in [2.24, 2.45) is 5.92 Å². The van der Waals surface area contributed by atoms with Gasteiger partial charge in [-0.25, -0.2) is 4.68 Å². The minimum absolute atomic E-state index is 0.00799. The summed E-state index contributed by atoms with van der Waals surface area (Å²) in [7, 11) is 0. The van der Waals surface area contributed by atoms with Gasteiger partial charge in [-0.15, -0.1) is 5.10 Å². The number of fused-ring (bicyclic) bond motifs is 1. The fraction of sp³-hybridized carbons (Fsp3) is 0.476. The summed E-state index contributed by atoms with van der Waals surface area (Å²) in [5, 5.41) is 22.4. The molecule has 1 aliphatic rings. The number of hydrogen-bond acceptors (Lipinski definition) is 5. The van der Waals surface area contributed by atoms with Crippen LogP contribution >= 0.6 is 0 Å². The Labute approximate surface area is 164 Å². The molecule has 0 aliphatic carbocycles. The molecule has 2 atom stereocenters. The normalized spacial score (nSPS) is 17.6. The van der Waals surface area contributed by atoms with E-state index < -0.39 is 6.04 Å². The summed E-state index contributed by atoms with van der Waals surface area (Å²) >= 11 is 0. The van der Waals surface area contributed by atoms with Crippen LogP contribution in [0, 0.1) is 5.92 Å². The molecule has 0 saturated carbocycles. The molecule has 3 aromatic rings. The number of piperidine rings is 1. The first-order valence-electron chi connectivity index (χ1n) is 9.99. The van der Waals surface area contributed by atoms with Gasteiger partial charge in [0.25, 0.3) is 0 Å². The number of carbonyl (C=O) groups excluding carboxylic acids is 1. The number of nitrogens with zero attached hydrogens (tertiary/aromatic N) is 3. The van der Waals surface area contributed by atoms with Crippen LogP contribution in [0.4, 0.5) is 0 Å². The highest BCUT2D eigenvalue weighted by Gasteiger charge is 2.31. The maximum Gasteiger partial charge on any atom is 0.160 e. The summed E-state index contributed by atoms with van der Waals surface area (Å²) in [6, 6.07) is 7.74. The minimum atomic E-state index is -0.394. The van der Waals surface area contributed by atoms with Gasteiger partial charge in [0.15, 0.2) is 5.78 Å². The van der Waals surface area contributed by atoms with Crippen molar-refractivity contribution in [2.45, 2.75) is 38.1 Å². The van der Waals surface area contributed by atoms with Gasteiger partial charge >= 0.3 is 0 Å². The van der Waals surface area contributed by atoms with Gasteiger partial charge in [-0.1, -0.05) is 30.3 Å². The third kappa shape index (κ3) is 3.72. The van der Waals surface area contributed by atoms with Crippen LogP contribution in [0.25, 0.3) is 10.9 Å². The number of aliphatic hydroxyl groups excluding tert-OH is 1. The monoisotopic (exact) mass is 381 g/mol.